The highest BCUT2D eigenvalue weighted by Crippen LogP contribution is 2.61. The van der Waals surface area contributed by atoms with Gasteiger partial charge in [-0.1, -0.05) is 12.1 Å². The lowest BCUT2D eigenvalue weighted by atomic mass is 9.52. The maximum Gasteiger partial charge on any atom is 0.290 e. The van der Waals surface area contributed by atoms with Crippen LogP contribution in [0.3, 0.4) is 0 Å². The van der Waals surface area contributed by atoms with Crippen LogP contribution in [0.2, 0.25) is 0 Å². The van der Waals surface area contributed by atoms with Gasteiger partial charge in [-0.15, -0.1) is 0 Å². The SMILES string of the molecule is CC(=O)C1=C(O)C(=O)N(C23CC4CC(CC(C4)C2)C3)[C@@H]1c1ccccc1[N+](=O)[O-]. The van der Waals surface area contributed by atoms with Gasteiger partial charge < -0.3 is 10.0 Å². The standard InChI is InChI=1S/C22H24N2O5/c1-12(25)18-19(16-4-2-3-5-17(16)24(28)29)23(21(27)20(18)26)22-9-13-6-14(10-22)8-15(7-13)11-22/h2-5,13-15,19,26H,6-11H2,1H3/t13?,14?,15?,19-,22?/m1/s1. The number of hydrogen-bond acceptors (Lipinski definition) is 5. The van der Waals surface area contributed by atoms with Gasteiger partial charge in [0.25, 0.3) is 11.6 Å². The Morgan fingerprint density at radius 2 is 1.69 bits per heavy atom. The summed E-state index contributed by atoms with van der Waals surface area (Å²) >= 11 is 0. The molecule has 0 spiro atoms. The summed E-state index contributed by atoms with van der Waals surface area (Å²) in [5, 5.41) is 22.4. The fraction of sp³-hybridized carbons (Fsp3) is 0.545. The predicted octanol–water partition coefficient (Wildman–Crippen LogP) is 3.85. The molecule has 0 aromatic heterocycles. The number of amides is 1. The first kappa shape index (κ1) is 18.3. The van der Waals surface area contributed by atoms with Crippen molar-refractivity contribution in [1.29, 1.82) is 0 Å². The maximum absolute atomic E-state index is 13.3. The van der Waals surface area contributed by atoms with Crippen LogP contribution in [0.1, 0.15) is 57.1 Å². The van der Waals surface area contributed by atoms with E-state index in [1.165, 1.54) is 32.3 Å². The number of nitro groups is 1. The minimum atomic E-state index is -0.905. The van der Waals surface area contributed by atoms with Crippen molar-refractivity contribution in [1.82, 2.24) is 4.90 Å². The Labute approximate surface area is 168 Å². The third kappa shape index (κ3) is 2.56. The van der Waals surface area contributed by atoms with Gasteiger partial charge in [0.05, 0.1) is 22.1 Å². The zero-order valence-corrected chi connectivity index (χ0v) is 16.3. The van der Waals surface area contributed by atoms with Gasteiger partial charge in [-0.2, -0.15) is 0 Å². The molecule has 6 rings (SSSR count). The van der Waals surface area contributed by atoms with Gasteiger partial charge in [-0.25, -0.2) is 0 Å². The van der Waals surface area contributed by atoms with Crippen LogP contribution in [0.25, 0.3) is 0 Å². The largest absolute Gasteiger partial charge is 0.503 e. The van der Waals surface area contributed by atoms with Crippen LogP contribution >= 0.6 is 0 Å². The first-order valence-corrected chi connectivity index (χ1v) is 10.3. The van der Waals surface area contributed by atoms with Crippen molar-refractivity contribution in [3.05, 3.63) is 51.3 Å². The van der Waals surface area contributed by atoms with E-state index in [4.69, 9.17) is 0 Å². The molecule has 5 aliphatic rings. The number of hydrogen-bond donors (Lipinski definition) is 1. The van der Waals surface area contributed by atoms with Gasteiger partial charge in [0.1, 0.15) is 0 Å². The van der Waals surface area contributed by atoms with Gasteiger partial charge in [0.2, 0.25) is 0 Å². The monoisotopic (exact) mass is 396 g/mol. The fourth-order valence-corrected chi connectivity index (χ4v) is 6.99. The molecule has 4 aliphatic carbocycles. The zero-order chi connectivity index (χ0) is 20.5. The number of carbonyl (C=O) groups excluding carboxylic acids is 2. The van der Waals surface area contributed by atoms with Gasteiger partial charge in [-0.05, 0) is 69.3 Å². The number of aliphatic hydroxyl groups excluding tert-OH is 1. The van der Waals surface area contributed by atoms with E-state index in [0.717, 1.165) is 19.3 Å². The van der Waals surface area contributed by atoms with E-state index in [-0.39, 0.29) is 11.3 Å². The molecular weight excluding hydrogens is 372 g/mol. The quantitative estimate of drug-likeness (QED) is 0.615. The number of para-hydroxylation sites is 1. The second-order valence-corrected chi connectivity index (χ2v) is 9.35. The van der Waals surface area contributed by atoms with Gasteiger partial charge in [0.15, 0.2) is 11.5 Å². The number of carbonyl (C=O) groups is 2. The van der Waals surface area contributed by atoms with E-state index in [9.17, 15) is 24.8 Å². The molecule has 1 heterocycles. The lowest BCUT2D eigenvalue weighted by molar-refractivity contribution is -0.385. The molecule has 1 atom stereocenters. The number of ketones is 1. The highest BCUT2D eigenvalue weighted by Gasteiger charge is 2.60. The topological polar surface area (TPSA) is 101 Å². The van der Waals surface area contributed by atoms with Crippen molar-refractivity contribution < 1.29 is 19.6 Å². The molecule has 4 fully saturated rings. The number of rotatable bonds is 4. The maximum atomic E-state index is 13.3. The average molecular weight is 396 g/mol. The molecule has 1 aromatic rings. The van der Waals surface area contributed by atoms with Crippen LogP contribution in [-0.4, -0.2) is 32.2 Å². The number of aliphatic hydroxyl groups is 1. The molecule has 0 radical (unpaired) electrons. The molecule has 7 nitrogen and oxygen atoms in total. The van der Waals surface area contributed by atoms with E-state index < -0.39 is 34.0 Å². The third-order valence-corrected chi connectivity index (χ3v) is 7.53. The van der Waals surface area contributed by atoms with Gasteiger partial charge >= 0.3 is 0 Å². The minimum absolute atomic E-state index is 0.0138. The summed E-state index contributed by atoms with van der Waals surface area (Å²) in [5.41, 5.74) is -0.282. The molecule has 29 heavy (non-hydrogen) atoms. The number of nitrogens with zero attached hydrogens (tertiary/aromatic N) is 2. The Kier molecular flexibility index (Phi) is 3.89. The van der Waals surface area contributed by atoms with Crippen molar-refractivity contribution in [2.45, 2.75) is 57.0 Å². The first-order chi connectivity index (χ1) is 13.8. The molecule has 1 aromatic carbocycles. The Morgan fingerprint density at radius 1 is 1.14 bits per heavy atom. The summed E-state index contributed by atoms with van der Waals surface area (Å²) in [6.45, 7) is 1.31. The summed E-state index contributed by atoms with van der Waals surface area (Å²) in [6.07, 6.45) is 6.07. The molecule has 4 bridgehead atoms. The lowest BCUT2D eigenvalue weighted by Crippen LogP contribution is -2.61. The lowest BCUT2D eigenvalue weighted by Gasteiger charge is -2.60. The van der Waals surface area contributed by atoms with E-state index in [1.807, 2.05) is 0 Å². The van der Waals surface area contributed by atoms with Crippen LogP contribution in [0.15, 0.2) is 35.6 Å². The number of benzene rings is 1. The normalized spacial score (nSPS) is 35.5. The predicted molar refractivity (Wildman–Crippen MR) is 104 cm³/mol. The summed E-state index contributed by atoms with van der Waals surface area (Å²) < 4.78 is 0. The Morgan fingerprint density at radius 3 is 2.21 bits per heavy atom. The number of Topliss-reactive ketones (excluding diaryl/α,β-unsaturated/α-hetero) is 1. The van der Waals surface area contributed by atoms with Crippen molar-refractivity contribution in [2.75, 3.05) is 0 Å². The summed E-state index contributed by atoms with van der Waals surface area (Å²) in [5.74, 6) is 0.111. The van der Waals surface area contributed by atoms with Gasteiger partial charge in [0, 0.05) is 11.6 Å². The molecule has 152 valence electrons. The average Bonchev–Trinajstić information content (AvgIpc) is 2.92. The number of nitro benzene ring substituents is 1. The zero-order valence-electron chi connectivity index (χ0n) is 16.3. The van der Waals surface area contributed by atoms with Crippen LogP contribution < -0.4 is 0 Å². The van der Waals surface area contributed by atoms with E-state index in [0.29, 0.717) is 23.3 Å². The smallest absolute Gasteiger partial charge is 0.290 e. The first-order valence-electron chi connectivity index (χ1n) is 10.3. The molecule has 7 heteroatoms. The van der Waals surface area contributed by atoms with Crippen molar-refractivity contribution in [3.8, 4) is 0 Å². The molecule has 0 saturated heterocycles. The highest BCUT2D eigenvalue weighted by molar-refractivity contribution is 6.08. The molecule has 4 saturated carbocycles. The Balaban J connectivity index is 1.68. The second-order valence-electron chi connectivity index (χ2n) is 9.35. The van der Waals surface area contributed by atoms with Crippen LogP contribution in [0.4, 0.5) is 5.69 Å². The fourth-order valence-electron chi connectivity index (χ4n) is 6.99. The molecule has 1 amide bonds. The van der Waals surface area contributed by atoms with Crippen molar-refractivity contribution in [3.63, 3.8) is 0 Å². The highest BCUT2D eigenvalue weighted by atomic mass is 16.6. The summed E-state index contributed by atoms with van der Waals surface area (Å²) in [4.78, 5) is 38.7. The third-order valence-electron chi connectivity index (χ3n) is 7.53. The van der Waals surface area contributed by atoms with Gasteiger partial charge in [-0.3, -0.25) is 19.7 Å². The van der Waals surface area contributed by atoms with E-state index >= 15 is 0 Å². The molecule has 1 aliphatic heterocycles. The Bertz CT molecular complexity index is 930. The van der Waals surface area contributed by atoms with Crippen molar-refractivity contribution in [2.24, 2.45) is 17.8 Å². The van der Waals surface area contributed by atoms with Crippen molar-refractivity contribution >= 4 is 17.4 Å². The summed E-state index contributed by atoms with van der Waals surface area (Å²) in [6, 6.07) is 5.34. The van der Waals surface area contributed by atoms with Crippen LogP contribution in [0, 0.1) is 27.9 Å². The van der Waals surface area contributed by atoms with Crippen LogP contribution in [0.5, 0.6) is 0 Å². The van der Waals surface area contributed by atoms with Crippen LogP contribution in [-0.2, 0) is 9.59 Å². The molecule has 1 N–H and O–H groups in total. The van der Waals surface area contributed by atoms with E-state index in [1.54, 1.807) is 23.1 Å². The minimum Gasteiger partial charge on any atom is -0.503 e. The summed E-state index contributed by atoms with van der Waals surface area (Å²) in [7, 11) is 0. The molecular formula is C22H24N2O5. The van der Waals surface area contributed by atoms with E-state index in [2.05, 4.69) is 0 Å². The second kappa shape index (κ2) is 6.15. The molecule has 0 unspecified atom stereocenters. The Hall–Kier alpha value is -2.70.